The number of aliphatic hydroxyl groups excluding tert-OH is 1. The van der Waals surface area contributed by atoms with Crippen LogP contribution in [0.1, 0.15) is 77.2 Å². The van der Waals surface area contributed by atoms with E-state index in [1.54, 1.807) is 0 Å². The van der Waals surface area contributed by atoms with Gasteiger partial charge in [-0.2, -0.15) is 0 Å². The summed E-state index contributed by atoms with van der Waals surface area (Å²) < 4.78 is 0. The van der Waals surface area contributed by atoms with Crippen LogP contribution in [0.25, 0.3) is 0 Å². The van der Waals surface area contributed by atoms with Gasteiger partial charge in [0.2, 0.25) is 0 Å². The number of rotatable bonds is 2. The molecule has 0 radical (unpaired) electrons. The zero-order valence-corrected chi connectivity index (χ0v) is 17.7. The van der Waals surface area contributed by atoms with Crippen molar-refractivity contribution in [3.63, 3.8) is 0 Å². The number of hydrogen-bond acceptors (Lipinski definition) is 2. The van der Waals surface area contributed by atoms with Crippen LogP contribution in [0.5, 0.6) is 0 Å². The minimum absolute atomic E-state index is 0.0355. The van der Waals surface area contributed by atoms with Crippen LogP contribution in [0, 0.1) is 34.5 Å². The van der Waals surface area contributed by atoms with E-state index in [0.717, 1.165) is 36.5 Å². The zero-order valence-electron chi connectivity index (χ0n) is 17.7. The summed E-state index contributed by atoms with van der Waals surface area (Å²) in [5, 5.41) is 10.2. The van der Waals surface area contributed by atoms with Gasteiger partial charge < -0.3 is 5.11 Å². The summed E-state index contributed by atoms with van der Waals surface area (Å²) in [6, 6.07) is 11.1. The van der Waals surface area contributed by atoms with Crippen molar-refractivity contribution in [2.24, 2.45) is 39.5 Å². The number of benzene rings is 1. The van der Waals surface area contributed by atoms with Crippen molar-refractivity contribution in [1.29, 1.82) is 0 Å². The van der Waals surface area contributed by atoms with Crippen LogP contribution in [-0.2, 0) is 0 Å². The molecule has 4 saturated carbocycles. The zero-order chi connectivity index (χ0) is 19.4. The summed E-state index contributed by atoms with van der Waals surface area (Å²) in [6.45, 7) is 5.15. The van der Waals surface area contributed by atoms with Gasteiger partial charge in [0.15, 0.2) is 0 Å². The highest BCUT2D eigenvalue weighted by Crippen LogP contribution is 2.66. The lowest BCUT2D eigenvalue weighted by Gasteiger charge is -2.60. The Morgan fingerprint density at radius 2 is 1.64 bits per heavy atom. The summed E-state index contributed by atoms with van der Waals surface area (Å²) in [4.78, 5) is 5.14. The molecule has 152 valence electrons. The van der Waals surface area contributed by atoms with Crippen molar-refractivity contribution in [3.05, 3.63) is 35.9 Å². The Kier molecular flexibility index (Phi) is 4.69. The molecule has 4 aliphatic carbocycles. The number of aliphatic hydroxyl groups is 1. The van der Waals surface area contributed by atoms with Gasteiger partial charge in [-0.15, -0.1) is 0 Å². The lowest BCUT2D eigenvalue weighted by Crippen LogP contribution is -2.54. The molecule has 0 saturated heterocycles. The molecule has 0 spiro atoms. The monoisotopic (exact) mass is 379 g/mol. The van der Waals surface area contributed by atoms with E-state index in [4.69, 9.17) is 4.99 Å². The lowest BCUT2D eigenvalue weighted by molar-refractivity contribution is -0.122. The fourth-order valence-corrected chi connectivity index (χ4v) is 8.17. The van der Waals surface area contributed by atoms with Gasteiger partial charge in [-0.25, -0.2) is 0 Å². The largest absolute Gasteiger partial charge is 0.393 e. The maximum absolute atomic E-state index is 10.2. The topological polar surface area (TPSA) is 32.6 Å². The molecule has 1 aromatic carbocycles. The first-order valence-corrected chi connectivity index (χ1v) is 11.8. The Morgan fingerprint density at radius 3 is 2.46 bits per heavy atom. The van der Waals surface area contributed by atoms with Crippen molar-refractivity contribution < 1.29 is 5.11 Å². The molecule has 0 aliphatic heterocycles. The molecule has 28 heavy (non-hydrogen) atoms. The van der Waals surface area contributed by atoms with Crippen LogP contribution in [0.4, 0.5) is 0 Å². The van der Waals surface area contributed by atoms with E-state index < -0.39 is 0 Å². The van der Waals surface area contributed by atoms with Gasteiger partial charge in [-0.3, -0.25) is 4.99 Å². The van der Waals surface area contributed by atoms with Gasteiger partial charge >= 0.3 is 0 Å². The summed E-state index contributed by atoms with van der Waals surface area (Å²) in [5.41, 5.74) is 2.11. The third kappa shape index (κ3) is 2.90. The molecule has 1 aromatic rings. The molecule has 1 N–H and O–H groups in total. The van der Waals surface area contributed by atoms with Crippen molar-refractivity contribution in [2.75, 3.05) is 0 Å². The fraction of sp³-hybridized carbons (Fsp3) is 0.731. The molecule has 0 unspecified atom stereocenters. The van der Waals surface area contributed by atoms with E-state index in [0.29, 0.717) is 16.9 Å². The summed E-state index contributed by atoms with van der Waals surface area (Å²) >= 11 is 0. The normalized spacial score (nSPS) is 48.1. The van der Waals surface area contributed by atoms with Crippen molar-refractivity contribution in [1.82, 2.24) is 0 Å². The lowest BCUT2D eigenvalue weighted by atomic mass is 9.45. The van der Waals surface area contributed by atoms with E-state index in [2.05, 4.69) is 50.4 Å². The summed E-state index contributed by atoms with van der Waals surface area (Å²) in [5.74, 6) is 3.39. The first-order chi connectivity index (χ1) is 13.5. The van der Waals surface area contributed by atoms with E-state index >= 15 is 0 Å². The van der Waals surface area contributed by atoms with Crippen molar-refractivity contribution in [3.8, 4) is 0 Å². The Balaban J connectivity index is 1.36. The average Bonchev–Trinajstić information content (AvgIpc) is 3.04. The maximum Gasteiger partial charge on any atom is 0.0556 e. The SMILES string of the molecule is C[C@@]12CC[C@H]3[C@@H](CC[C@H]4C[C@H](O)CC[C@]43C)[C@H]1CC[C@@H]2N=Cc1ccccc1. The standard InChI is InChI=1S/C26H37NO/c1-25-14-12-20(28)16-19(25)8-9-21-22-10-11-24(26(22,2)15-13-23(21)25)27-17-18-6-4-3-5-7-18/h3-7,17,19-24,28H,8-16H2,1-2H3/t19-,20+,21-,22+,23-,24-,25+,26+/m0/s1. The Bertz CT molecular complexity index is 729. The van der Waals surface area contributed by atoms with Crippen LogP contribution in [0.15, 0.2) is 35.3 Å². The Hall–Kier alpha value is -1.15. The fourth-order valence-electron chi connectivity index (χ4n) is 8.17. The molecule has 4 aliphatic rings. The first kappa shape index (κ1) is 18.9. The number of nitrogens with zero attached hydrogens (tertiary/aromatic N) is 1. The Morgan fingerprint density at radius 1 is 0.893 bits per heavy atom. The quantitative estimate of drug-likeness (QED) is 0.640. The maximum atomic E-state index is 10.2. The average molecular weight is 380 g/mol. The van der Waals surface area contributed by atoms with E-state index in [1.165, 1.54) is 50.5 Å². The van der Waals surface area contributed by atoms with E-state index in [-0.39, 0.29) is 6.10 Å². The molecular formula is C26H37NO. The highest BCUT2D eigenvalue weighted by Gasteiger charge is 2.60. The smallest absolute Gasteiger partial charge is 0.0556 e. The summed E-state index contributed by atoms with van der Waals surface area (Å²) in [6.07, 6.45) is 13.6. The van der Waals surface area contributed by atoms with Crippen molar-refractivity contribution >= 4 is 6.21 Å². The number of fused-ring (bicyclic) bond motifs is 5. The predicted octanol–water partition coefficient (Wildman–Crippen LogP) is 5.88. The predicted molar refractivity (Wildman–Crippen MR) is 116 cm³/mol. The second-order valence-corrected chi connectivity index (χ2v) is 10.9. The van der Waals surface area contributed by atoms with Crippen LogP contribution < -0.4 is 0 Å². The molecule has 5 rings (SSSR count). The molecule has 2 nitrogen and oxygen atoms in total. The van der Waals surface area contributed by atoms with Gasteiger partial charge in [-0.05, 0) is 97.9 Å². The first-order valence-electron chi connectivity index (χ1n) is 11.8. The molecule has 2 heteroatoms. The molecule has 8 atom stereocenters. The van der Waals surface area contributed by atoms with Crippen molar-refractivity contribution in [2.45, 2.75) is 83.8 Å². The van der Waals surface area contributed by atoms with E-state index in [9.17, 15) is 5.11 Å². The van der Waals surface area contributed by atoms with Gasteiger partial charge in [0.1, 0.15) is 0 Å². The Labute approximate surface area is 170 Å². The minimum Gasteiger partial charge on any atom is -0.393 e. The second-order valence-electron chi connectivity index (χ2n) is 10.9. The van der Waals surface area contributed by atoms with Crippen LogP contribution in [0.2, 0.25) is 0 Å². The van der Waals surface area contributed by atoms with Crippen LogP contribution in [-0.4, -0.2) is 23.5 Å². The molecule has 0 aromatic heterocycles. The van der Waals surface area contributed by atoms with Crippen LogP contribution in [0.3, 0.4) is 0 Å². The minimum atomic E-state index is -0.0355. The third-order valence-electron chi connectivity index (χ3n) is 9.79. The molecule has 0 heterocycles. The molecule has 0 amide bonds. The van der Waals surface area contributed by atoms with E-state index in [1.807, 2.05) is 0 Å². The highest BCUT2D eigenvalue weighted by atomic mass is 16.3. The van der Waals surface area contributed by atoms with Gasteiger partial charge in [0.25, 0.3) is 0 Å². The number of aliphatic imine (C=N–C) groups is 1. The highest BCUT2D eigenvalue weighted by molar-refractivity contribution is 5.79. The van der Waals surface area contributed by atoms with Gasteiger partial charge in [-0.1, -0.05) is 44.2 Å². The van der Waals surface area contributed by atoms with Gasteiger partial charge in [0.05, 0.1) is 12.1 Å². The molecule has 4 fully saturated rings. The van der Waals surface area contributed by atoms with Gasteiger partial charge in [0, 0.05) is 6.21 Å². The third-order valence-corrected chi connectivity index (χ3v) is 9.79. The molecular weight excluding hydrogens is 342 g/mol. The summed E-state index contributed by atoms with van der Waals surface area (Å²) in [7, 11) is 0. The van der Waals surface area contributed by atoms with Crippen LogP contribution >= 0.6 is 0 Å². The number of hydrogen-bond donors (Lipinski definition) is 1. The second kappa shape index (κ2) is 6.97. The molecule has 0 bridgehead atoms.